The van der Waals surface area contributed by atoms with Crippen LogP contribution in [0.15, 0.2) is 0 Å². The molecule has 37 heavy (non-hydrogen) atoms. The highest BCUT2D eigenvalue weighted by Gasteiger charge is 2.53. The van der Waals surface area contributed by atoms with Gasteiger partial charge in [-0.15, -0.1) is 0 Å². The average Bonchev–Trinajstić information content (AvgIpc) is 2.86. The van der Waals surface area contributed by atoms with Crippen LogP contribution in [0.5, 0.6) is 0 Å². The van der Waals surface area contributed by atoms with E-state index in [1.54, 1.807) is 0 Å². The summed E-state index contributed by atoms with van der Waals surface area (Å²) < 4.78 is 27.9. The maximum atomic E-state index is 11.9. The fourth-order valence-electron chi connectivity index (χ4n) is 4.70. The van der Waals surface area contributed by atoms with Gasteiger partial charge in [0.15, 0.2) is 12.6 Å². The Kier molecular flexibility index (Phi) is 10.6. The number of ether oxygens (including phenoxy) is 5. The van der Waals surface area contributed by atoms with Crippen molar-refractivity contribution in [3.8, 4) is 0 Å². The van der Waals surface area contributed by atoms with Gasteiger partial charge in [0.1, 0.15) is 73.2 Å². The van der Waals surface area contributed by atoms with Crippen LogP contribution >= 0.6 is 0 Å². The van der Waals surface area contributed by atoms with E-state index in [0.717, 1.165) is 6.92 Å². The van der Waals surface area contributed by atoms with Gasteiger partial charge < -0.3 is 75.0 Å². The Hall–Kier alpha value is -1.09. The minimum absolute atomic E-state index is 0.563. The Morgan fingerprint density at radius 1 is 0.676 bits per heavy atom. The van der Waals surface area contributed by atoms with Gasteiger partial charge in [-0.1, -0.05) is 0 Å². The molecule has 10 N–H and O–H groups in total. The SMILES string of the molecule is CC(=O)NC1C(O)[C@H](O[C@@H]2OC(CO)[C@H](O)[C@H](O)C2O)C(CO)O[C@H]1OC1[C@@H](O)[C@H](O)C(CO)O[C@@H]1C. The molecule has 216 valence electrons. The number of rotatable bonds is 8. The number of carbonyl (C=O) groups is 1. The standard InChI is InChI=1S/C21H37NO15/c1-6-18(16(31)13(28)8(3-23)33-6)36-20-11(22-7(2)26)14(29)19(10(5-25)35-20)37-21-17(32)15(30)12(27)9(4-24)34-21/h6,8-21,23-25,27-32H,3-5H2,1-2H3,(H,22,26)/t6-,8?,9?,10?,11?,12+,13-,14?,15+,16+,17?,18?,19-,20+,21+/m1/s1. The molecular formula is C21H37NO15. The molecule has 0 spiro atoms. The highest BCUT2D eigenvalue weighted by atomic mass is 16.7. The zero-order chi connectivity index (χ0) is 27.6. The van der Waals surface area contributed by atoms with Crippen molar-refractivity contribution in [1.82, 2.24) is 5.32 Å². The first-order valence-electron chi connectivity index (χ1n) is 11.9. The number of aliphatic hydroxyl groups excluding tert-OH is 9. The summed E-state index contributed by atoms with van der Waals surface area (Å²) in [6.45, 7) is 0.595. The molecule has 0 saturated carbocycles. The van der Waals surface area contributed by atoms with Crippen LogP contribution in [0, 0.1) is 0 Å². The lowest BCUT2D eigenvalue weighted by atomic mass is 9.93. The van der Waals surface area contributed by atoms with Crippen molar-refractivity contribution in [3.05, 3.63) is 0 Å². The summed E-state index contributed by atoms with van der Waals surface area (Å²) in [7, 11) is 0. The van der Waals surface area contributed by atoms with Crippen molar-refractivity contribution < 1.29 is 74.4 Å². The molecule has 3 aliphatic rings. The number of nitrogens with one attached hydrogen (secondary N) is 1. The van der Waals surface area contributed by atoms with E-state index >= 15 is 0 Å². The van der Waals surface area contributed by atoms with Crippen molar-refractivity contribution in [2.24, 2.45) is 0 Å². The molecule has 1 amide bonds. The second-order valence-corrected chi connectivity index (χ2v) is 9.38. The minimum atomic E-state index is -1.81. The maximum Gasteiger partial charge on any atom is 0.217 e. The van der Waals surface area contributed by atoms with E-state index in [9.17, 15) is 50.8 Å². The minimum Gasteiger partial charge on any atom is -0.394 e. The molecule has 3 saturated heterocycles. The monoisotopic (exact) mass is 543 g/mol. The molecule has 0 aromatic rings. The molecular weight excluding hydrogens is 506 g/mol. The average molecular weight is 544 g/mol. The first-order chi connectivity index (χ1) is 17.4. The zero-order valence-corrected chi connectivity index (χ0v) is 20.3. The zero-order valence-electron chi connectivity index (χ0n) is 20.3. The van der Waals surface area contributed by atoms with E-state index in [0.29, 0.717) is 0 Å². The molecule has 7 unspecified atom stereocenters. The van der Waals surface area contributed by atoms with Gasteiger partial charge in [-0.2, -0.15) is 0 Å². The summed E-state index contributed by atoms with van der Waals surface area (Å²) in [5.41, 5.74) is 0. The third kappa shape index (κ3) is 6.39. The highest BCUT2D eigenvalue weighted by molar-refractivity contribution is 5.73. The van der Waals surface area contributed by atoms with Crippen molar-refractivity contribution in [2.75, 3.05) is 19.8 Å². The fraction of sp³-hybridized carbons (Fsp3) is 0.952. The Labute approximate surface area is 211 Å². The summed E-state index contributed by atoms with van der Waals surface area (Å²) in [4.78, 5) is 11.9. The molecule has 0 bridgehead atoms. The quantitative estimate of drug-likeness (QED) is 0.137. The van der Waals surface area contributed by atoms with Crippen LogP contribution in [0.1, 0.15) is 13.8 Å². The van der Waals surface area contributed by atoms with Gasteiger partial charge in [0.05, 0.1) is 25.9 Å². The lowest BCUT2D eigenvalue weighted by Gasteiger charge is -2.49. The van der Waals surface area contributed by atoms with Gasteiger partial charge in [-0.25, -0.2) is 0 Å². The van der Waals surface area contributed by atoms with Crippen molar-refractivity contribution >= 4 is 5.91 Å². The second kappa shape index (κ2) is 12.8. The molecule has 3 rings (SSSR count). The summed E-state index contributed by atoms with van der Waals surface area (Å²) >= 11 is 0. The third-order valence-electron chi connectivity index (χ3n) is 6.75. The maximum absolute atomic E-state index is 11.9. The molecule has 0 aromatic heterocycles. The molecule has 0 radical (unpaired) electrons. The topological polar surface area (TPSA) is 257 Å². The summed E-state index contributed by atoms with van der Waals surface area (Å²) in [5.74, 6) is -0.621. The van der Waals surface area contributed by atoms with Gasteiger partial charge >= 0.3 is 0 Å². The van der Waals surface area contributed by atoms with Crippen molar-refractivity contribution in [1.29, 1.82) is 0 Å². The van der Waals surface area contributed by atoms with Gasteiger partial charge in [-0.05, 0) is 6.92 Å². The van der Waals surface area contributed by atoms with Crippen molar-refractivity contribution in [2.45, 2.75) is 106 Å². The number of amides is 1. The van der Waals surface area contributed by atoms with Gasteiger partial charge in [-0.3, -0.25) is 4.79 Å². The summed E-state index contributed by atoms with van der Waals surface area (Å²) in [6, 6.07) is -1.37. The summed E-state index contributed by atoms with van der Waals surface area (Å²) in [5, 5.41) is 93.3. The van der Waals surface area contributed by atoms with E-state index < -0.39 is 118 Å². The van der Waals surface area contributed by atoms with E-state index in [1.807, 2.05) is 0 Å². The number of aliphatic hydroxyl groups is 9. The predicted molar refractivity (Wildman–Crippen MR) is 116 cm³/mol. The van der Waals surface area contributed by atoms with Crippen LogP contribution in [0.4, 0.5) is 0 Å². The first kappa shape index (κ1) is 30.5. The normalized spacial score (nSPS) is 49.0. The predicted octanol–water partition coefficient (Wildman–Crippen LogP) is -6.36. The lowest BCUT2D eigenvalue weighted by molar-refractivity contribution is -0.359. The number of hydrogen-bond acceptors (Lipinski definition) is 15. The first-order valence-corrected chi connectivity index (χ1v) is 11.9. The molecule has 3 aliphatic heterocycles. The number of carbonyl (C=O) groups excluding carboxylic acids is 1. The Balaban J connectivity index is 1.81. The van der Waals surface area contributed by atoms with Crippen LogP contribution < -0.4 is 5.32 Å². The van der Waals surface area contributed by atoms with E-state index in [-0.39, 0.29) is 0 Å². The molecule has 0 aromatic carbocycles. The molecule has 16 nitrogen and oxygen atoms in total. The molecule has 0 aliphatic carbocycles. The molecule has 3 heterocycles. The van der Waals surface area contributed by atoms with Crippen LogP contribution in [0.3, 0.4) is 0 Å². The smallest absolute Gasteiger partial charge is 0.217 e. The molecule has 16 heteroatoms. The van der Waals surface area contributed by atoms with Gasteiger partial charge in [0.25, 0.3) is 0 Å². The largest absolute Gasteiger partial charge is 0.394 e. The Morgan fingerprint density at radius 3 is 1.76 bits per heavy atom. The van der Waals surface area contributed by atoms with E-state index in [2.05, 4.69) is 5.32 Å². The lowest BCUT2D eigenvalue weighted by Crippen LogP contribution is -2.69. The number of hydrogen-bond donors (Lipinski definition) is 10. The highest BCUT2D eigenvalue weighted by Crippen LogP contribution is 2.32. The van der Waals surface area contributed by atoms with Gasteiger partial charge in [0.2, 0.25) is 5.91 Å². The fourth-order valence-corrected chi connectivity index (χ4v) is 4.70. The molecule has 15 atom stereocenters. The Bertz CT molecular complexity index is 745. The second-order valence-electron chi connectivity index (χ2n) is 9.38. The van der Waals surface area contributed by atoms with Crippen LogP contribution in [-0.4, -0.2) is 164 Å². The van der Waals surface area contributed by atoms with Gasteiger partial charge in [0, 0.05) is 6.92 Å². The molecule has 3 fully saturated rings. The van der Waals surface area contributed by atoms with Crippen LogP contribution in [-0.2, 0) is 28.5 Å². The van der Waals surface area contributed by atoms with E-state index in [1.165, 1.54) is 6.92 Å². The van der Waals surface area contributed by atoms with E-state index in [4.69, 9.17) is 23.7 Å². The van der Waals surface area contributed by atoms with Crippen LogP contribution in [0.2, 0.25) is 0 Å². The van der Waals surface area contributed by atoms with Crippen molar-refractivity contribution in [3.63, 3.8) is 0 Å². The third-order valence-corrected chi connectivity index (χ3v) is 6.75. The summed E-state index contributed by atoms with van der Waals surface area (Å²) in [6.07, 6.45) is -20.5. The Morgan fingerprint density at radius 2 is 1.19 bits per heavy atom. The van der Waals surface area contributed by atoms with Crippen LogP contribution in [0.25, 0.3) is 0 Å².